The van der Waals surface area contributed by atoms with Gasteiger partial charge in [0.05, 0.1) is 0 Å². The quantitative estimate of drug-likeness (QED) is 0.318. The van der Waals surface area contributed by atoms with E-state index in [1.165, 1.54) is 43.6 Å². The van der Waals surface area contributed by atoms with Crippen molar-refractivity contribution in [3.05, 3.63) is 0 Å². The average molecular weight is 426 g/mol. The van der Waals surface area contributed by atoms with Crippen LogP contribution in [-0.2, 0) is 0 Å². The summed E-state index contributed by atoms with van der Waals surface area (Å²) in [5, 5.41) is 0. The smallest absolute Gasteiger partial charge is 0.191 e. The van der Waals surface area contributed by atoms with Crippen LogP contribution in [0.15, 0.2) is 4.99 Å². The van der Waals surface area contributed by atoms with Crippen LogP contribution in [0.3, 0.4) is 0 Å². The van der Waals surface area contributed by atoms with Gasteiger partial charge in [-0.3, -0.25) is 4.99 Å². The van der Waals surface area contributed by atoms with Crippen molar-refractivity contribution in [2.75, 3.05) is 44.7 Å². The van der Waals surface area contributed by atoms with E-state index in [1.807, 2.05) is 11.8 Å². The van der Waals surface area contributed by atoms with Gasteiger partial charge < -0.3 is 15.5 Å². The molecule has 2 N–H and O–H groups in total. The molecular formula is C15H31IN4S. The standard InChI is InChI=1S/C15H30N4S.HI/c1-18(14-6-3-2-4-7-14)9-5-8-17-15(16)19-10-12-20-13-11-19;/h14H,2-13H2,1H3,(H2,16,17);1H. The van der Waals surface area contributed by atoms with Crippen molar-refractivity contribution in [2.24, 2.45) is 10.7 Å². The Labute approximate surface area is 151 Å². The molecule has 0 aromatic rings. The van der Waals surface area contributed by atoms with Crippen LogP contribution in [0.4, 0.5) is 0 Å². The van der Waals surface area contributed by atoms with E-state index >= 15 is 0 Å². The molecule has 0 unspecified atom stereocenters. The summed E-state index contributed by atoms with van der Waals surface area (Å²) in [6.07, 6.45) is 8.14. The molecule has 1 heterocycles. The third kappa shape index (κ3) is 6.95. The highest BCUT2D eigenvalue weighted by Gasteiger charge is 2.17. The summed E-state index contributed by atoms with van der Waals surface area (Å²) < 4.78 is 0. The minimum atomic E-state index is 0. The third-order valence-electron chi connectivity index (χ3n) is 4.48. The molecule has 2 rings (SSSR count). The minimum Gasteiger partial charge on any atom is -0.370 e. The minimum absolute atomic E-state index is 0. The van der Waals surface area contributed by atoms with Crippen molar-refractivity contribution in [3.63, 3.8) is 0 Å². The summed E-state index contributed by atoms with van der Waals surface area (Å²) in [5.74, 6) is 3.12. The summed E-state index contributed by atoms with van der Waals surface area (Å²) in [5.41, 5.74) is 6.06. The van der Waals surface area contributed by atoms with Gasteiger partial charge in [-0.15, -0.1) is 24.0 Å². The first-order chi connectivity index (χ1) is 9.77. The molecule has 2 fully saturated rings. The van der Waals surface area contributed by atoms with Gasteiger partial charge in [0.15, 0.2) is 5.96 Å². The number of nitrogens with zero attached hydrogens (tertiary/aromatic N) is 3. The molecule has 1 saturated heterocycles. The molecule has 0 bridgehead atoms. The SMILES string of the molecule is CN(CCCN=C(N)N1CCSCC1)C1CCCCC1.I. The molecule has 0 amide bonds. The second-order valence-corrected chi connectivity index (χ2v) is 7.19. The average Bonchev–Trinajstić information content (AvgIpc) is 2.53. The van der Waals surface area contributed by atoms with Gasteiger partial charge in [-0.25, -0.2) is 0 Å². The largest absolute Gasteiger partial charge is 0.370 e. The van der Waals surface area contributed by atoms with E-state index in [-0.39, 0.29) is 24.0 Å². The van der Waals surface area contributed by atoms with Gasteiger partial charge in [0.2, 0.25) is 0 Å². The molecule has 1 saturated carbocycles. The molecule has 1 aliphatic carbocycles. The van der Waals surface area contributed by atoms with E-state index in [1.54, 1.807) is 0 Å². The fraction of sp³-hybridized carbons (Fsp3) is 0.933. The van der Waals surface area contributed by atoms with Gasteiger partial charge >= 0.3 is 0 Å². The van der Waals surface area contributed by atoms with Crippen molar-refractivity contribution in [3.8, 4) is 0 Å². The molecule has 4 nitrogen and oxygen atoms in total. The van der Waals surface area contributed by atoms with Crippen molar-refractivity contribution in [2.45, 2.75) is 44.6 Å². The van der Waals surface area contributed by atoms with Crippen LogP contribution in [0.25, 0.3) is 0 Å². The molecule has 0 aromatic carbocycles. The monoisotopic (exact) mass is 426 g/mol. The van der Waals surface area contributed by atoms with E-state index in [0.29, 0.717) is 0 Å². The maximum atomic E-state index is 6.06. The molecule has 6 heteroatoms. The van der Waals surface area contributed by atoms with E-state index in [9.17, 15) is 0 Å². The van der Waals surface area contributed by atoms with Gasteiger partial charge in [0.1, 0.15) is 0 Å². The van der Waals surface area contributed by atoms with Crippen LogP contribution in [0.2, 0.25) is 0 Å². The van der Waals surface area contributed by atoms with Crippen LogP contribution in [0.5, 0.6) is 0 Å². The van der Waals surface area contributed by atoms with Crippen LogP contribution in [0.1, 0.15) is 38.5 Å². The lowest BCUT2D eigenvalue weighted by Gasteiger charge is -2.31. The molecule has 124 valence electrons. The van der Waals surface area contributed by atoms with Crippen molar-refractivity contribution in [1.29, 1.82) is 0 Å². The Morgan fingerprint density at radius 2 is 1.90 bits per heavy atom. The van der Waals surface area contributed by atoms with Gasteiger partial charge in [-0.1, -0.05) is 19.3 Å². The van der Waals surface area contributed by atoms with Gasteiger partial charge in [-0.2, -0.15) is 11.8 Å². The van der Waals surface area contributed by atoms with E-state index in [4.69, 9.17) is 5.73 Å². The number of hydrogen-bond donors (Lipinski definition) is 1. The lowest BCUT2D eigenvalue weighted by Crippen LogP contribution is -2.42. The van der Waals surface area contributed by atoms with Crippen molar-refractivity contribution in [1.82, 2.24) is 9.80 Å². The predicted molar refractivity (Wildman–Crippen MR) is 105 cm³/mol. The Hall–Kier alpha value is 0.310. The molecule has 21 heavy (non-hydrogen) atoms. The number of halogens is 1. The highest BCUT2D eigenvalue weighted by molar-refractivity contribution is 14.0. The second-order valence-electron chi connectivity index (χ2n) is 5.97. The van der Waals surface area contributed by atoms with Gasteiger partial charge in [0, 0.05) is 37.2 Å². The van der Waals surface area contributed by atoms with E-state index in [2.05, 4.69) is 21.8 Å². The summed E-state index contributed by atoms with van der Waals surface area (Å²) >= 11 is 2.01. The molecule has 0 radical (unpaired) electrons. The number of aliphatic imine (C=N–C) groups is 1. The normalized spacial score (nSPS) is 21.4. The highest BCUT2D eigenvalue weighted by Crippen LogP contribution is 2.21. The maximum Gasteiger partial charge on any atom is 0.191 e. The van der Waals surface area contributed by atoms with Crippen LogP contribution < -0.4 is 5.73 Å². The van der Waals surface area contributed by atoms with Crippen LogP contribution >= 0.6 is 35.7 Å². The first-order valence-electron chi connectivity index (χ1n) is 8.10. The van der Waals surface area contributed by atoms with E-state index < -0.39 is 0 Å². The molecule has 0 spiro atoms. The Bertz CT molecular complexity index is 302. The zero-order chi connectivity index (χ0) is 14.2. The summed E-state index contributed by atoms with van der Waals surface area (Å²) in [4.78, 5) is 9.30. The fourth-order valence-electron chi connectivity index (χ4n) is 3.11. The molecule has 2 aliphatic rings. The topological polar surface area (TPSA) is 44.9 Å². The lowest BCUT2D eigenvalue weighted by molar-refractivity contribution is 0.191. The summed E-state index contributed by atoms with van der Waals surface area (Å²) in [6, 6.07) is 0.809. The Morgan fingerprint density at radius 3 is 2.57 bits per heavy atom. The third-order valence-corrected chi connectivity index (χ3v) is 5.42. The van der Waals surface area contributed by atoms with Crippen LogP contribution in [0, 0.1) is 0 Å². The number of nitrogens with two attached hydrogens (primary N) is 1. The molecule has 1 aliphatic heterocycles. The first kappa shape index (κ1) is 19.4. The molecule has 0 atom stereocenters. The Balaban J connectivity index is 0.00000220. The Morgan fingerprint density at radius 1 is 1.24 bits per heavy atom. The zero-order valence-corrected chi connectivity index (χ0v) is 16.4. The fourth-order valence-corrected chi connectivity index (χ4v) is 4.01. The summed E-state index contributed by atoms with van der Waals surface area (Å²) in [7, 11) is 2.27. The highest BCUT2D eigenvalue weighted by atomic mass is 127. The lowest BCUT2D eigenvalue weighted by atomic mass is 9.94. The van der Waals surface area contributed by atoms with E-state index in [0.717, 1.165) is 44.6 Å². The first-order valence-corrected chi connectivity index (χ1v) is 9.25. The number of rotatable bonds is 5. The zero-order valence-electron chi connectivity index (χ0n) is 13.3. The number of thioether (sulfide) groups is 1. The van der Waals surface area contributed by atoms with Crippen molar-refractivity contribution < 1.29 is 0 Å². The van der Waals surface area contributed by atoms with Crippen molar-refractivity contribution >= 4 is 41.7 Å². The molecular weight excluding hydrogens is 395 g/mol. The maximum absolute atomic E-state index is 6.06. The van der Waals surface area contributed by atoms with Crippen LogP contribution in [-0.4, -0.2) is 66.5 Å². The summed E-state index contributed by atoms with van der Waals surface area (Å²) in [6.45, 7) is 4.13. The van der Waals surface area contributed by atoms with Gasteiger partial charge in [0.25, 0.3) is 0 Å². The number of guanidine groups is 1. The number of hydrogen-bond acceptors (Lipinski definition) is 3. The Kier molecular flexibility index (Phi) is 10.1. The molecule has 0 aromatic heterocycles. The second kappa shape index (κ2) is 10.9. The predicted octanol–water partition coefficient (Wildman–Crippen LogP) is 2.62. The van der Waals surface area contributed by atoms with Gasteiger partial charge in [-0.05, 0) is 32.9 Å².